The van der Waals surface area contributed by atoms with Crippen LogP contribution in [0.15, 0.2) is 30.3 Å². The first-order valence-corrected chi connectivity index (χ1v) is 7.77. The molecule has 2 aliphatic heterocycles. The summed E-state index contributed by atoms with van der Waals surface area (Å²) in [4.78, 5) is 8.45. The molecule has 0 amide bonds. The van der Waals surface area contributed by atoms with E-state index in [1.54, 1.807) is 13.8 Å². The van der Waals surface area contributed by atoms with Crippen molar-refractivity contribution in [3.63, 3.8) is 0 Å². The van der Waals surface area contributed by atoms with E-state index in [9.17, 15) is 0 Å². The van der Waals surface area contributed by atoms with E-state index in [0.717, 1.165) is 5.56 Å². The molecule has 1 aromatic carbocycles. The predicted octanol–water partition coefficient (Wildman–Crippen LogP) is 1.80. The molecule has 24 heavy (non-hydrogen) atoms. The molecule has 2 aliphatic rings. The molecule has 0 saturated carbocycles. The molecule has 1 aromatic rings. The standard InChI is InChI=1S/C16H22O8/c1-16(2)22-14-13(19-8-10-6-4-3-5-7-10)12(21-15(14)23-16)11(24-18)9-20-17/h3-7,11-15,17-18H,8-9H2,1-2H3/t11-,12-,13+,14-,15?/m1/s1. The van der Waals surface area contributed by atoms with Crippen molar-refractivity contribution in [2.45, 2.75) is 56.9 Å². The molecule has 0 bridgehead atoms. The van der Waals surface area contributed by atoms with Gasteiger partial charge in [-0.2, -0.15) is 0 Å². The Bertz CT molecular complexity index is 522. The number of hydrogen-bond acceptors (Lipinski definition) is 8. The van der Waals surface area contributed by atoms with Crippen molar-refractivity contribution >= 4 is 0 Å². The summed E-state index contributed by atoms with van der Waals surface area (Å²) in [5, 5.41) is 17.7. The van der Waals surface area contributed by atoms with Crippen LogP contribution in [0.4, 0.5) is 0 Å². The van der Waals surface area contributed by atoms with E-state index in [1.807, 2.05) is 30.3 Å². The summed E-state index contributed by atoms with van der Waals surface area (Å²) in [5.41, 5.74) is 0.984. The second kappa shape index (κ2) is 7.42. The molecule has 8 nitrogen and oxygen atoms in total. The molecular formula is C16H22O8. The average molecular weight is 342 g/mol. The van der Waals surface area contributed by atoms with Gasteiger partial charge in [-0.1, -0.05) is 30.3 Å². The first-order valence-electron chi connectivity index (χ1n) is 7.77. The predicted molar refractivity (Wildman–Crippen MR) is 79.8 cm³/mol. The Morgan fingerprint density at radius 2 is 1.92 bits per heavy atom. The molecule has 0 spiro atoms. The smallest absolute Gasteiger partial charge is 0.190 e. The monoisotopic (exact) mass is 342 g/mol. The molecule has 2 fully saturated rings. The van der Waals surface area contributed by atoms with Gasteiger partial charge in [-0.05, 0) is 19.4 Å². The van der Waals surface area contributed by atoms with Crippen LogP contribution in [0.5, 0.6) is 0 Å². The second-order valence-corrected chi connectivity index (χ2v) is 6.27. The minimum atomic E-state index is -0.948. The van der Waals surface area contributed by atoms with Crippen molar-refractivity contribution < 1.29 is 39.2 Å². The Labute approximate surface area is 139 Å². The van der Waals surface area contributed by atoms with Crippen LogP contribution in [-0.4, -0.2) is 53.6 Å². The average Bonchev–Trinajstić information content (AvgIpc) is 3.03. The van der Waals surface area contributed by atoms with Crippen LogP contribution in [-0.2, 0) is 35.3 Å². The molecule has 0 aliphatic carbocycles. The van der Waals surface area contributed by atoms with E-state index in [1.165, 1.54) is 0 Å². The lowest BCUT2D eigenvalue weighted by Crippen LogP contribution is -2.45. The molecule has 2 heterocycles. The molecular weight excluding hydrogens is 320 g/mol. The largest absolute Gasteiger partial charge is 0.368 e. The molecule has 0 aromatic heterocycles. The van der Waals surface area contributed by atoms with Gasteiger partial charge in [0.1, 0.15) is 31.0 Å². The zero-order valence-electron chi connectivity index (χ0n) is 13.5. The maximum Gasteiger partial charge on any atom is 0.190 e. The highest BCUT2D eigenvalue weighted by Gasteiger charge is 2.57. The molecule has 134 valence electrons. The highest BCUT2D eigenvalue weighted by molar-refractivity contribution is 5.13. The van der Waals surface area contributed by atoms with Crippen LogP contribution in [0.3, 0.4) is 0 Å². The van der Waals surface area contributed by atoms with Gasteiger partial charge in [-0.15, -0.1) is 0 Å². The third kappa shape index (κ3) is 3.76. The second-order valence-electron chi connectivity index (χ2n) is 6.27. The van der Waals surface area contributed by atoms with E-state index in [-0.39, 0.29) is 6.61 Å². The lowest BCUT2D eigenvalue weighted by Gasteiger charge is -2.28. The summed E-state index contributed by atoms with van der Waals surface area (Å²) in [6.45, 7) is 3.62. The SMILES string of the molecule is CC1(C)OC2O[C@H]([C@@H](COO)OO)[C@H](OCc3ccccc3)[C@H]2O1. The first-order chi connectivity index (χ1) is 11.5. The number of fused-ring (bicyclic) bond motifs is 1. The number of hydrogen-bond donors (Lipinski definition) is 2. The van der Waals surface area contributed by atoms with Crippen molar-refractivity contribution in [2.24, 2.45) is 0 Å². The molecule has 8 heteroatoms. The van der Waals surface area contributed by atoms with Crippen LogP contribution >= 0.6 is 0 Å². The molecule has 1 unspecified atom stereocenters. The summed E-state index contributed by atoms with van der Waals surface area (Å²) >= 11 is 0. The van der Waals surface area contributed by atoms with Gasteiger partial charge in [0.2, 0.25) is 0 Å². The van der Waals surface area contributed by atoms with Crippen LogP contribution < -0.4 is 0 Å². The van der Waals surface area contributed by atoms with Crippen LogP contribution in [0, 0.1) is 0 Å². The van der Waals surface area contributed by atoms with Gasteiger partial charge in [0.25, 0.3) is 0 Å². The van der Waals surface area contributed by atoms with Gasteiger partial charge < -0.3 is 18.9 Å². The van der Waals surface area contributed by atoms with E-state index >= 15 is 0 Å². The maximum absolute atomic E-state index is 9.08. The van der Waals surface area contributed by atoms with Crippen molar-refractivity contribution in [3.05, 3.63) is 35.9 Å². The maximum atomic E-state index is 9.08. The quantitative estimate of drug-likeness (QED) is 0.572. The van der Waals surface area contributed by atoms with E-state index in [2.05, 4.69) is 9.78 Å². The fourth-order valence-electron chi connectivity index (χ4n) is 3.02. The van der Waals surface area contributed by atoms with E-state index in [0.29, 0.717) is 6.61 Å². The van der Waals surface area contributed by atoms with Crippen LogP contribution in [0.2, 0.25) is 0 Å². The number of rotatable bonds is 7. The Morgan fingerprint density at radius 1 is 1.17 bits per heavy atom. The summed E-state index contributed by atoms with van der Waals surface area (Å²) in [5.74, 6) is -0.794. The van der Waals surface area contributed by atoms with Crippen molar-refractivity contribution in [3.8, 4) is 0 Å². The van der Waals surface area contributed by atoms with Gasteiger partial charge in [0.15, 0.2) is 12.1 Å². The van der Waals surface area contributed by atoms with Gasteiger partial charge in [-0.25, -0.2) is 9.78 Å². The van der Waals surface area contributed by atoms with Gasteiger partial charge >= 0.3 is 0 Å². The van der Waals surface area contributed by atoms with Crippen LogP contribution in [0.25, 0.3) is 0 Å². The van der Waals surface area contributed by atoms with E-state index in [4.69, 9.17) is 29.5 Å². The summed E-state index contributed by atoms with van der Waals surface area (Å²) < 4.78 is 23.3. The van der Waals surface area contributed by atoms with Gasteiger partial charge in [0, 0.05) is 0 Å². The fourth-order valence-corrected chi connectivity index (χ4v) is 3.02. The van der Waals surface area contributed by atoms with Gasteiger partial charge in [-0.3, -0.25) is 10.5 Å². The van der Waals surface area contributed by atoms with Crippen molar-refractivity contribution in [1.82, 2.24) is 0 Å². The highest BCUT2D eigenvalue weighted by Crippen LogP contribution is 2.40. The lowest BCUT2D eigenvalue weighted by atomic mass is 10.1. The lowest BCUT2D eigenvalue weighted by molar-refractivity contribution is -0.352. The molecule has 3 rings (SSSR count). The summed E-state index contributed by atoms with van der Waals surface area (Å²) in [6.07, 6.45) is -3.37. The molecule has 2 N–H and O–H groups in total. The van der Waals surface area contributed by atoms with Crippen molar-refractivity contribution in [2.75, 3.05) is 6.61 Å². The Hall–Kier alpha value is -1.10. The topological polar surface area (TPSA) is 95.8 Å². The van der Waals surface area contributed by atoms with Gasteiger partial charge in [0.05, 0.1) is 6.61 Å². The molecule has 2 saturated heterocycles. The Morgan fingerprint density at radius 3 is 2.58 bits per heavy atom. The fraction of sp³-hybridized carbons (Fsp3) is 0.625. The van der Waals surface area contributed by atoms with Crippen molar-refractivity contribution in [1.29, 1.82) is 0 Å². The Kier molecular flexibility index (Phi) is 5.48. The normalized spacial score (nSPS) is 32.7. The zero-order valence-corrected chi connectivity index (χ0v) is 13.5. The third-order valence-electron chi connectivity index (χ3n) is 4.05. The number of ether oxygens (including phenoxy) is 4. The molecule has 0 radical (unpaired) electrons. The van der Waals surface area contributed by atoms with E-state index < -0.39 is 36.5 Å². The summed E-state index contributed by atoms with van der Waals surface area (Å²) in [6, 6.07) is 9.64. The molecule has 5 atom stereocenters. The van der Waals surface area contributed by atoms with Crippen LogP contribution in [0.1, 0.15) is 19.4 Å². The number of benzene rings is 1. The Balaban J connectivity index is 1.73. The summed E-state index contributed by atoms with van der Waals surface area (Å²) in [7, 11) is 0. The zero-order chi connectivity index (χ0) is 17.2. The minimum absolute atomic E-state index is 0.283. The first kappa shape index (κ1) is 17.7. The minimum Gasteiger partial charge on any atom is -0.368 e. The third-order valence-corrected chi connectivity index (χ3v) is 4.05. The highest BCUT2D eigenvalue weighted by atomic mass is 17.1.